The lowest BCUT2D eigenvalue weighted by Crippen LogP contribution is -2.46. The van der Waals surface area contributed by atoms with E-state index in [9.17, 15) is 18.4 Å². The summed E-state index contributed by atoms with van der Waals surface area (Å²) in [5, 5.41) is 8.35. The number of hydrogen-bond acceptors (Lipinski definition) is 10. The third-order valence-electron chi connectivity index (χ3n) is 10.0. The topological polar surface area (TPSA) is 122 Å². The van der Waals surface area contributed by atoms with Crippen LogP contribution in [0.1, 0.15) is 28.9 Å². The molecule has 288 valence electrons. The highest BCUT2D eigenvalue weighted by Gasteiger charge is 2.46. The standard InChI is InChI=1S/C40H37BrF2N8O5/c1-27(38(52)28-2-4-29(41)5-3-28)51-39(53)50(26-46-51)33-9-7-31(8-10-33)47-16-18-48(19-17-47)32-11-13-34(14-12-32)54-21-35-22-55-40(56-35,23-49-25-44-24-45-49)36-15-6-30(42)20-37(36)43/h2-15,20,24-27,35H,16-19,21-23H2,1H3/t27?,35-,40-/m1/s1. The van der Waals surface area contributed by atoms with Gasteiger partial charge in [-0.1, -0.05) is 28.1 Å². The summed E-state index contributed by atoms with van der Waals surface area (Å²) in [5.74, 6) is -2.55. The number of carbonyl (C=O) groups excluding carboxylic acids is 1. The number of hydrogen-bond donors (Lipinski definition) is 0. The molecule has 56 heavy (non-hydrogen) atoms. The Morgan fingerprint density at radius 3 is 2.20 bits per heavy atom. The summed E-state index contributed by atoms with van der Waals surface area (Å²) >= 11 is 3.38. The van der Waals surface area contributed by atoms with Gasteiger partial charge in [0.15, 0.2) is 5.78 Å². The van der Waals surface area contributed by atoms with Gasteiger partial charge in [-0.2, -0.15) is 10.2 Å². The number of aromatic nitrogens is 6. The van der Waals surface area contributed by atoms with Gasteiger partial charge in [0.25, 0.3) is 0 Å². The number of piperazine rings is 1. The molecule has 1 unspecified atom stereocenters. The first-order valence-electron chi connectivity index (χ1n) is 18.0. The molecular weight excluding hydrogens is 790 g/mol. The van der Waals surface area contributed by atoms with Gasteiger partial charge in [0.1, 0.15) is 61.7 Å². The van der Waals surface area contributed by atoms with Crippen molar-refractivity contribution in [2.75, 3.05) is 49.2 Å². The first-order valence-corrected chi connectivity index (χ1v) is 18.8. The second-order valence-electron chi connectivity index (χ2n) is 13.6. The van der Waals surface area contributed by atoms with E-state index >= 15 is 0 Å². The lowest BCUT2D eigenvalue weighted by atomic mass is 10.0. The Labute approximate surface area is 328 Å². The number of ketones is 1. The van der Waals surface area contributed by atoms with E-state index in [0.29, 0.717) is 17.0 Å². The van der Waals surface area contributed by atoms with Gasteiger partial charge >= 0.3 is 5.69 Å². The van der Waals surface area contributed by atoms with Crippen LogP contribution in [0.5, 0.6) is 5.75 Å². The predicted molar refractivity (Wildman–Crippen MR) is 206 cm³/mol. The molecule has 2 aromatic heterocycles. The Bertz CT molecular complexity index is 2350. The van der Waals surface area contributed by atoms with Crippen LogP contribution >= 0.6 is 15.9 Å². The third-order valence-corrected chi connectivity index (χ3v) is 10.5. The van der Waals surface area contributed by atoms with Crippen molar-refractivity contribution in [3.8, 4) is 11.4 Å². The Morgan fingerprint density at radius 1 is 0.893 bits per heavy atom. The number of benzene rings is 4. The molecule has 0 bridgehead atoms. The summed E-state index contributed by atoms with van der Waals surface area (Å²) in [6, 6.07) is 25.1. The molecule has 0 aliphatic carbocycles. The molecule has 2 aliphatic heterocycles. The maximum Gasteiger partial charge on any atom is 0.351 e. The summed E-state index contributed by atoms with van der Waals surface area (Å²) in [4.78, 5) is 34.8. The average molecular weight is 828 g/mol. The van der Waals surface area contributed by atoms with Gasteiger partial charge in [0.2, 0.25) is 5.79 Å². The summed E-state index contributed by atoms with van der Waals surface area (Å²) in [6.07, 6.45) is 3.75. The molecule has 2 saturated heterocycles. The van der Waals surface area contributed by atoms with E-state index in [1.165, 1.54) is 45.0 Å². The van der Waals surface area contributed by atoms with E-state index < -0.39 is 29.6 Å². The van der Waals surface area contributed by atoms with Gasteiger partial charge in [-0.25, -0.2) is 32.5 Å². The average Bonchev–Trinajstić information content (AvgIpc) is 3.98. The van der Waals surface area contributed by atoms with Crippen LogP contribution in [0.25, 0.3) is 5.69 Å². The van der Waals surface area contributed by atoms with E-state index in [4.69, 9.17) is 14.2 Å². The van der Waals surface area contributed by atoms with Gasteiger partial charge in [-0.3, -0.25) is 4.79 Å². The Balaban J connectivity index is 0.840. The number of nitrogens with zero attached hydrogens (tertiary/aromatic N) is 8. The number of carbonyl (C=O) groups is 1. The molecule has 0 radical (unpaired) electrons. The molecular formula is C40H37BrF2N8O5. The summed E-state index contributed by atoms with van der Waals surface area (Å²) < 4.78 is 51.9. The highest BCUT2D eigenvalue weighted by atomic mass is 79.9. The van der Waals surface area contributed by atoms with Crippen molar-refractivity contribution in [3.05, 3.63) is 148 Å². The minimum atomic E-state index is -1.53. The number of anilines is 2. The zero-order chi connectivity index (χ0) is 38.8. The second-order valence-corrected chi connectivity index (χ2v) is 14.5. The Morgan fingerprint density at radius 2 is 1.55 bits per heavy atom. The first kappa shape index (κ1) is 37.2. The van der Waals surface area contributed by atoms with E-state index in [-0.39, 0.29) is 36.8 Å². The molecule has 8 rings (SSSR count). The van der Waals surface area contributed by atoms with E-state index in [0.717, 1.165) is 48.1 Å². The molecule has 0 spiro atoms. The van der Waals surface area contributed by atoms with Gasteiger partial charge in [-0.05, 0) is 79.7 Å². The highest BCUT2D eigenvalue weighted by molar-refractivity contribution is 9.10. The van der Waals surface area contributed by atoms with Crippen LogP contribution in [-0.2, 0) is 21.8 Å². The van der Waals surface area contributed by atoms with Crippen LogP contribution in [0.4, 0.5) is 20.2 Å². The maximum absolute atomic E-state index is 14.9. The lowest BCUT2D eigenvalue weighted by molar-refractivity contribution is -0.192. The highest BCUT2D eigenvalue weighted by Crippen LogP contribution is 2.38. The second kappa shape index (κ2) is 15.8. The molecule has 16 heteroatoms. The lowest BCUT2D eigenvalue weighted by Gasteiger charge is -2.37. The molecule has 13 nitrogen and oxygen atoms in total. The van der Waals surface area contributed by atoms with E-state index in [1.807, 2.05) is 48.5 Å². The third kappa shape index (κ3) is 7.72. The number of Topliss-reactive ketones (excluding diaryl/α,β-unsaturated/α-hetero) is 1. The molecule has 6 aromatic rings. The molecule has 4 aromatic carbocycles. The van der Waals surface area contributed by atoms with Crippen LogP contribution in [0.3, 0.4) is 0 Å². The maximum atomic E-state index is 14.9. The number of ether oxygens (including phenoxy) is 3. The molecule has 0 saturated carbocycles. The largest absolute Gasteiger partial charge is 0.491 e. The normalized spacial score (nSPS) is 19.0. The molecule has 3 atom stereocenters. The van der Waals surface area contributed by atoms with Crippen LogP contribution in [0.2, 0.25) is 0 Å². The molecule has 0 N–H and O–H groups in total. The molecule has 2 aliphatic rings. The SMILES string of the molecule is CC(C(=O)c1ccc(Br)cc1)n1ncn(-c2ccc(N3CCN(c4ccc(OC[C@@H]5CO[C@@](Cn6cncn6)(c6ccc(F)cc6F)O5)cc4)CC3)cc2)c1=O. The number of halogens is 3. The minimum absolute atomic E-state index is 0.0192. The molecule has 0 amide bonds. The van der Waals surface area contributed by atoms with Crippen LogP contribution in [0, 0.1) is 11.6 Å². The number of rotatable bonds is 12. The van der Waals surface area contributed by atoms with E-state index in [2.05, 4.69) is 40.9 Å². The Hall–Kier alpha value is -5.71. The Kier molecular flexibility index (Phi) is 10.5. The summed E-state index contributed by atoms with van der Waals surface area (Å²) in [5.41, 5.74) is 2.96. The smallest absolute Gasteiger partial charge is 0.351 e. The monoisotopic (exact) mass is 826 g/mol. The minimum Gasteiger partial charge on any atom is -0.491 e. The predicted octanol–water partition coefficient (Wildman–Crippen LogP) is 5.78. The molecule has 4 heterocycles. The summed E-state index contributed by atoms with van der Waals surface area (Å²) in [7, 11) is 0. The van der Waals surface area contributed by atoms with Crippen molar-refractivity contribution >= 4 is 33.1 Å². The van der Waals surface area contributed by atoms with E-state index in [1.54, 1.807) is 31.2 Å². The van der Waals surface area contributed by atoms with Crippen molar-refractivity contribution < 1.29 is 27.8 Å². The van der Waals surface area contributed by atoms with Crippen molar-refractivity contribution in [2.24, 2.45) is 0 Å². The van der Waals surface area contributed by atoms with Crippen molar-refractivity contribution in [1.82, 2.24) is 29.1 Å². The first-order chi connectivity index (χ1) is 27.2. The van der Waals surface area contributed by atoms with Crippen molar-refractivity contribution in [1.29, 1.82) is 0 Å². The van der Waals surface area contributed by atoms with Gasteiger partial charge in [0.05, 0.1) is 12.3 Å². The fraction of sp³-hybridized carbons (Fsp3) is 0.275. The van der Waals surface area contributed by atoms with Gasteiger partial charge in [-0.15, -0.1) is 0 Å². The van der Waals surface area contributed by atoms with Crippen molar-refractivity contribution in [2.45, 2.75) is 31.4 Å². The fourth-order valence-electron chi connectivity index (χ4n) is 7.00. The summed E-state index contributed by atoms with van der Waals surface area (Å²) in [6.45, 7) is 5.19. The zero-order valence-corrected chi connectivity index (χ0v) is 31.8. The zero-order valence-electron chi connectivity index (χ0n) is 30.2. The van der Waals surface area contributed by atoms with Crippen LogP contribution in [0.15, 0.2) is 119 Å². The quantitative estimate of drug-likeness (QED) is 0.140. The van der Waals surface area contributed by atoms with Gasteiger partial charge < -0.3 is 24.0 Å². The van der Waals surface area contributed by atoms with Crippen LogP contribution < -0.4 is 20.2 Å². The van der Waals surface area contributed by atoms with Crippen LogP contribution in [-0.4, -0.2) is 80.4 Å². The fourth-order valence-corrected chi connectivity index (χ4v) is 7.26. The molecule has 2 fully saturated rings. The van der Waals surface area contributed by atoms with Crippen molar-refractivity contribution in [3.63, 3.8) is 0 Å². The van der Waals surface area contributed by atoms with Gasteiger partial charge in [0, 0.05) is 59.2 Å².